The molecule has 1 aliphatic heterocycles. The van der Waals surface area contributed by atoms with E-state index in [9.17, 15) is 9.59 Å². The monoisotopic (exact) mass is 328 g/mol. The molecule has 0 saturated carbocycles. The van der Waals surface area contributed by atoms with E-state index >= 15 is 0 Å². The lowest BCUT2D eigenvalue weighted by molar-refractivity contribution is -0.139. The first kappa shape index (κ1) is 16.2. The van der Waals surface area contributed by atoms with E-state index in [-0.39, 0.29) is 11.9 Å². The van der Waals surface area contributed by atoms with Gasteiger partial charge < -0.3 is 14.1 Å². The summed E-state index contributed by atoms with van der Waals surface area (Å²) in [6.07, 6.45) is 4.85. The Balaban J connectivity index is 1.54. The van der Waals surface area contributed by atoms with Crippen molar-refractivity contribution >= 4 is 11.9 Å². The van der Waals surface area contributed by atoms with Gasteiger partial charge in [-0.05, 0) is 29.9 Å². The van der Waals surface area contributed by atoms with Crippen LogP contribution in [0.1, 0.15) is 28.0 Å². The number of carbonyl (C=O) groups is 2. The molecule has 126 valence electrons. The normalized spacial score (nSPS) is 17.0. The molecule has 0 aliphatic carbocycles. The van der Waals surface area contributed by atoms with Gasteiger partial charge in [0.2, 0.25) is 0 Å². The molecule has 1 amide bonds. The molecule has 0 N–H and O–H groups in total. The molecule has 1 unspecified atom stereocenters. The highest BCUT2D eigenvalue weighted by atomic mass is 16.5. The van der Waals surface area contributed by atoms with Crippen LogP contribution in [0.25, 0.3) is 0 Å². The third-order valence-corrected chi connectivity index (χ3v) is 4.35. The number of methoxy groups -OCH3 is 1. The van der Waals surface area contributed by atoms with E-state index in [0.29, 0.717) is 18.0 Å². The summed E-state index contributed by atoms with van der Waals surface area (Å²) in [6, 6.07) is 8.00. The van der Waals surface area contributed by atoms with Crippen molar-refractivity contribution in [2.45, 2.75) is 19.3 Å². The van der Waals surface area contributed by atoms with E-state index in [1.165, 1.54) is 25.3 Å². The predicted octanol–water partition coefficient (Wildman–Crippen LogP) is 2.09. The van der Waals surface area contributed by atoms with Crippen molar-refractivity contribution in [2.75, 3.05) is 20.2 Å². The second-order valence-electron chi connectivity index (χ2n) is 6.05. The molecule has 24 heavy (non-hydrogen) atoms. The van der Waals surface area contributed by atoms with Gasteiger partial charge in [-0.15, -0.1) is 0 Å². The molecule has 1 aliphatic rings. The maximum Gasteiger partial charge on any atom is 0.309 e. The van der Waals surface area contributed by atoms with Crippen LogP contribution in [0.15, 0.2) is 41.3 Å². The molecule has 3 rings (SSSR count). The number of hydrogen-bond acceptors (Lipinski definition) is 5. The minimum absolute atomic E-state index is 0.0697. The molecule has 1 atom stereocenters. The Kier molecular flexibility index (Phi) is 4.93. The molecule has 0 bridgehead atoms. The summed E-state index contributed by atoms with van der Waals surface area (Å²) < 4.78 is 9.54. The number of oxazole rings is 1. The summed E-state index contributed by atoms with van der Waals surface area (Å²) in [5, 5.41) is 0. The number of nitrogens with zero attached hydrogens (tertiary/aromatic N) is 2. The SMILES string of the molecule is COC(=O)Cc1ccc(CC2CCN(C(=O)c3cocn3)C2)cc1. The summed E-state index contributed by atoms with van der Waals surface area (Å²) >= 11 is 0. The highest BCUT2D eigenvalue weighted by molar-refractivity contribution is 5.92. The lowest BCUT2D eigenvalue weighted by Gasteiger charge is -2.15. The molecule has 1 fully saturated rings. The van der Waals surface area contributed by atoms with Crippen LogP contribution in [0.2, 0.25) is 0 Å². The molecule has 1 saturated heterocycles. The van der Waals surface area contributed by atoms with E-state index in [1.54, 1.807) is 0 Å². The maximum atomic E-state index is 12.2. The van der Waals surface area contributed by atoms with Crippen LogP contribution >= 0.6 is 0 Å². The van der Waals surface area contributed by atoms with Gasteiger partial charge in [0.25, 0.3) is 5.91 Å². The third-order valence-electron chi connectivity index (χ3n) is 4.35. The number of amides is 1. The van der Waals surface area contributed by atoms with Gasteiger partial charge in [0.15, 0.2) is 12.1 Å². The quantitative estimate of drug-likeness (QED) is 0.786. The van der Waals surface area contributed by atoms with Crippen molar-refractivity contribution in [3.8, 4) is 0 Å². The fourth-order valence-corrected chi connectivity index (χ4v) is 3.03. The third kappa shape index (κ3) is 3.82. The predicted molar refractivity (Wildman–Crippen MR) is 86.4 cm³/mol. The zero-order valence-electron chi connectivity index (χ0n) is 13.6. The molecule has 0 radical (unpaired) electrons. The Morgan fingerprint density at radius 2 is 2.04 bits per heavy atom. The van der Waals surface area contributed by atoms with Crippen molar-refractivity contribution in [3.63, 3.8) is 0 Å². The van der Waals surface area contributed by atoms with Crippen LogP contribution in [0.3, 0.4) is 0 Å². The van der Waals surface area contributed by atoms with Crippen molar-refractivity contribution in [2.24, 2.45) is 5.92 Å². The van der Waals surface area contributed by atoms with Crippen LogP contribution in [-0.2, 0) is 22.4 Å². The Morgan fingerprint density at radius 3 is 2.71 bits per heavy atom. The number of hydrogen-bond donors (Lipinski definition) is 0. The lowest BCUT2D eigenvalue weighted by Crippen LogP contribution is -2.29. The summed E-state index contributed by atoms with van der Waals surface area (Å²) in [4.78, 5) is 29.3. The van der Waals surface area contributed by atoms with Gasteiger partial charge in [-0.1, -0.05) is 24.3 Å². The van der Waals surface area contributed by atoms with E-state index in [1.807, 2.05) is 29.2 Å². The maximum absolute atomic E-state index is 12.2. The first-order chi connectivity index (χ1) is 11.7. The zero-order chi connectivity index (χ0) is 16.9. The number of benzene rings is 1. The molecule has 1 aromatic carbocycles. The van der Waals surface area contributed by atoms with Crippen molar-refractivity contribution in [1.82, 2.24) is 9.88 Å². The molecule has 0 spiro atoms. The van der Waals surface area contributed by atoms with Gasteiger partial charge in [0.05, 0.1) is 13.5 Å². The van der Waals surface area contributed by atoms with Gasteiger partial charge >= 0.3 is 5.97 Å². The Labute approximate surface area is 140 Å². The van der Waals surface area contributed by atoms with Crippen LogP contribution in [0.5, 0.6) is 0 Å². The number of rotatable bonds is 5. The van der Waals surface area contributed by atoms with E-state index in [4.69, 9.17) is 4.42 Å². The van der Waals surface area contributed by atoms with Crippen molar-refractivity contribution in [1.29, 1.82) is 0 Å². The second kappa shape index (κ2) is 7.29. The molecule has 2 heterocycles. The van der Waals surface area contributed by atoms with Gasteiger partial charge in [-0.3, -0.25) is 9.59 Å². The van der Waals surface area contributed by atoms with E-state index in [2.05, 4.69) is 9.72 Å². The summed E-state index contributed by atoms with van der Waals surface area (Å²) in [6.45, 7) is 1.48. The average molecular weight is 328 g/mol. The first-order valence-corrected chi connectivity index (χ1v) is 7.98. The highest BCUT2D eigenvalue weighted by Gasteiger charge is 2.28. The Hall–Kier alpha value is -2.63. The number of esters is 1. The smallest absolute Gasteiger partial charge is 0.309 e. The molecular formula is C18H20N2O4. The standard InChI is InChI=1S/C18H20N2O4/c1-23-17(21)9-14-4-2-13(3-5-14)8-15-6-7-20(10-15)18(22)16-11-24-12-19-16/h2-5,11-12,15H,6-10H2,1H3. The van der Waals surface area contributed by atoms with E-state index < -0.39 is 0 Å². The fourth-order valence-electron chi connectivity index (χ4n) is 3.03. The Bertz CT molecular complexity index is 694. The molecule has 6 nitrogen and oxygen atoms in total. The molecule has 1 aromatic heterocycles. The van der Waals surface area contributed by atoms with Crippen molar-refractivity contribution in [3.05, 3.63) is 53.7 Å². The molecule has 2 aromatic rings. The number of aromatic nitrogens is 1. The molecule has 6 heteroatoms. The van der Waals surface area contributed by atoms with Gasteiger partial charge in [-0.2, -0.15) is 0 Å². The minimum atomic E-state index is -0.236. The van der Waals surface area contributed by atoms with Gasteiger partial charge in [-0.25, -0.2) is 4.98 Å². The summed E-state index contributed by atoms with van der Waals surface area (Å²) in [5.74, 6) is 0.132. The highest BCUT2D eigenvalue weighted by Crippen LogP contribution is 2.22. The topological polar surface area (TPSA) is 72.6 Å². The zero-order valence-corrected chi connectivity index (χ0v) is 13.6. The van der Waals surface area contributed by atoms with Crippen LogP contribution in [-0.4, -0.2) is 42.0 Å². The van der Waals surface area contributed by atoms with Crippen LogP contribution in [0, 0.1) is 5.92 Å². The van der Waals surface area contributed by atoms with Gasteiger partial charge in [0.1, 0.15) is 6.26 Å². The summed E-state index contributed by atoms with van der Waals surface area (Å²) in [7, 11) is 1.39. The number of ether oxygens (including phenoxy) is 1. The number of likely N-dealkylation sites (tertiary alicyclic amines) is 1. The summed E-state index contributed by atoms with van der Waals surface area (Å²) in [5.41, 5.74) is 2.52. The first-order valence-electron chi connectivity index (χ1n) is 7.98. The average Bonchev–Trinajstić information content (AvgIpc) is 3.27. The Morgan fingerprint density at radius 1 is 1.29 bits per heavy atom. The van der Waals surface area contributed by atoms with E-state index in [0.717, 1.165) is 31.5 Å². The largest absolute Gasteiger partial charge is 0.469 e. The van der Waals surface area contributed by atoms with Crippen LogP contribution in [0.4, 0.5) is 0 Å². The van der Waals surface area contributed by atoms with Crippen molar-refractivity contribution < 1.29 is 18.7 Å². The second-order valence-corrected chi connectivity index (χ2v) is 6.05. The van der Waals surface area contributed by atoms with Crippen LogP contribution < -0.4 is 0 Å². The fraction of sp³-hybridized carbons (Fsp3) is 0.389. The molecular weight excluding hydrogens is 308 g/mol. The number of carbonyl (C=O) groups excluding carboxylic acids is 2. The minimum Gasteiger partial charge on any atom is -0.469 e. The lowest BCUT2D eigenvalue weighted by atomic mass is 9.97. The van der Waals surface area contributed by atoms with Gasteiger partial charge in [0, 0.05) is 13.1 Å².